The summed E-state index contributed by atoms with van der Waals surface area (Å²) in [5.41, 5.74) is 5.57. The number of nitrogens with zero attached hydrogens (tertiary/aromatic N) is 4. The lowest BCUT2D eigenvalue weighted by Gasteiger charge is -1.97. The van der Waals surface area contributed by atoms with Gasteiger partial charge in [0, 0.05) is 12.4 Å². The highest BCUT2D eigenvalue weighted by Crippen LogP contribution is 2.13. The van der Waals surface area contributed by atoms with Crippen LogP contribution in [-0.4, -0.2) is 20.2 Å². The van der Waals surface area contributed by atoms with Crippen LogP contribution in [0.1, 0.15) is 18.9 Å². The molecule has 7 heteroatoms. The first-order valence-corrected chi connectivity index (χ1v) is 4.39. The number of hydrogen-bond acceptors (Lipinski definition) is 7. The fraction of sp³-hybridized carbons (Fsp3) is 0.250. The lowest BCUT2D eigenvalue weighted by Crippen LogP contribution is -2.04. The monoisotopic (exact) mass is 206 g/mol. The smallest absolute Gasteiger partial charge is 0.322 e. The standard InChI is InChI=1S/C8H10N6O/c1-5(9)6-13-14-8(15-6)12-7-10-3-2-4-11-7/h2-5H,9H2,1H3,(H,10,11,12,14). The average Bonchev–Trinajstić information content (AvgIpc) is 2.68. The Labute approximate surface area is 85.7 Å². The van der Waals surface area contributed by atoms with Crippen LogP contribution >= 0.6 is 0 Å². The van der Waals surface area contributed by atoms with Crippen molar-refractivity contribution in [1.82, 2.24) is 20.2 Å². The van der Waals surface area contributed by atoms with Crippen molar-refractivity contribution in [2.45, 2.75) is 13.0 Å². The molecule has 2 aromatic heterocycles. The maximum atomic E-state index is 5.57. The molecule has 0 saturated carbocycles. The summed E-state index contributed by atoms with van der Waals surface area (Å²) < 4.78 is 5.21. The van der Waals surface area contributed by atoms with Crippen LogP contribution in [0.4, 0.5) is 12.0 Å². The number of rotatable bonds is 3. The zero-order valence-corrected chi connectivity index (χ0v) is 8.08. The first-order valence-electron chi connectivity index (χ1n) is 4.39. The maximum Gasteiger partial charge on any atom is 0.322 e. The molecule has 0 radical (unpaired) electrons. The second kappa shape index (κ2) is 4.01. The summed E-state index contributed by atoms with van der Waals surface area (Å²) >= 11 is 0. The van der Waals surface area contributed by atoms with Crippen molar-refractivity contribution in [3.05, 3.63) is 24.4 Å². The highest BCUT2D eigenvalue weighted by Gasteiger charge is 2.10. The molecule has 2 aromatic rings. The van der Waals surface area contributed by atoms with Crippen LogP contribution < -0.4 is 11.1 Å². The molecule has 3 N–H and O–H groups in total. The quantitative estimate of drug-likeness (QED) is 0.758. The Morgan fingerprint density at radius 1 is 1.33 bits per heavy atom. The van der Waals surface area contributed by atoms with Crippen LogP contribution in [0.5, 0.6) is 0 Å². The van der Waals surface area contributed by atoms with E-state index in [9.17, 15) is 0 Å². The van der Waals surface area contributed by atoms with Gasteiger partial charge in [-0.2, -0.15) is 0 Å². The Balaban J connectivity index is 2.12. The molecule has 0 amide bonds. The molecular weight excluding hydrogens is 196 g/mol. The van der Waals surface area contributed by atoms with Crippen molar-refractivity contribution < 1.29 is 4.42 Å². The molecule has 0 fully saturated rings. The molecule has 0 aliphatic rings. The minimum absolute atomic E-state index is 0.230. The number of nitrogens with one attached hydrogen (secondary N) is 1. The second-order valence-electron chi connectivity index (χ2n) is 2.93. The first-order chi connectivity index (χ1) is 7.25. The van der Waals surface area contributed by atoms with Gasteiger partial charge in [0.25, 0.3) is 0 Å². The van der Waals surface area contributed by atoms with E-state index in [-0.39, 0.29) is 12.1 Å². The van der Waals surface area contributed by atoms with Crippen LogP contribution in [0.15, 0.2) is 22.9 Å². The Hall–Kier alpha value is -2.02. The molecule has 0 saturated heterocycles. The maximum absolute atomic E-state index is 5.57. The molecule has 2 heterocycles. The Morgan fingerprint density at radius 3 is 2.67 bits per heavy atom. The minimum Gasteiger partial charge on any atom is -0.406 e. The van der Waals surface area contributed by atoms with E-state index in [2.05, 4.69) is 25.5 Å². The van der Waals surface area contributed by atoms with E-state index in [0.717, 1.165) is 0 Å². The highest BCUT2D eigenvalue weighted by atomic mass is 16.4. The van der Waals surface area contributed by atoms with E-state index in [0.29, 0.717) is 11.8 Å². The molecule has 1 unspecified atom stereocenters. The minimum atomic E-state index is -0.287. The molecule has 78 valence electrons. The topological polar surface area (TPSA) is 103 Å². The van der Waals surface area contributed by atoms with Gasteiger partial charge in [-0.15, -0.1) is 5.10 Å². The van der Waals surface area contributed by atoms with Gasteiger partial charge >= 0.3 is 6.01 Å². The van der Waals surface area contributed by atoms with E-state index in [1.54, 1.807) is 25.4 Å². The molecule has 0 aliphatic heterocycles. The van der Waals surface area contributed by atoms with Crippen LogP contribution in [0.25, 0.3) is 0 Å². The average molecular weight is 206 g/mol. The summed E-state index contributed by atoms with van der Waals surface area (Å²) in [4.78, 5) is 7.89. The van der Waals surface area contributed by atoms with Gasteiger partial charge in [0.15, 0.2) is 0 Å². The summed E-state index contributed by atoms with van der Waals surface area (Å²) in [6.07, 6.45) is 3.22. The fourth-order valence-corrected chi connectivity index (χ4v) is 0.928. The Bertz CT molecular complexity index is 426. The van der Waals surface area contributed by atoms with E-state index in [1.807, 2.05) is 0 Å². The largest absolute Gasteiger partial charge is 0.406 e. The van der Waals surface area contributed by atoms with Gasteiger partial charge in [0.2, 0.25) is 11.8 Å². The summed E-state index contributed by atoms with van der Waals surface area (Å²) in [5.74, 6) is 0.769. The first kappa shape index (κ1) is 9.53. The summed E-state index contributed by atoms with van der Waals surface area (Å²) in [7, 11) is 0. The number of hydrogen-bond donors (Lipinski definition) is 2. The van der Waals surface area contributed by atoms with Crippen molar-refractivity contribution in [3.8, 4) is 0 Å². The van der Waals surface area contributed by atoms with Crippen molar-refractivity contribution in [1.29, 1.82) is 0 Å². The fourth-order valence-electron chi connectivity index (χ4n) is 0.928. The third-order valence-electron chi connectivity index (χ3n) is 1.61. The summed E-state index contributed by atoms with van der Waals surface area (Å²) in [5, 5.41) is 10.3. The molecule has 2 rings (SSSR count). The zero-order chi connectivity index (χ0) is 10.7. The molecule has 0 bridgehead atoms. The van der Waals surface area contributed by atoms with Gasteiger partial charge in [-0.3, -0.25) is 5.32 Å². The predicted octanol–water partition coefficient (Wildman–Crippen LogP) is 0.623. The Kier molecular flexibility index (Phi) is 2.55. The Morgan fingerprint density at radius 2 is 2.07 bits per heavy atom. The molecule has 7 nitrogen and oxygen atoms in total. The van der Waals surface area contributed by atoms with Gasteiger partial charge in [-0.1, -0.05) is 5.10 Å². The summed E-state index contributed by atoms with van der Waals surface area (Å²) in [6.45, 7) is 1.76. The zero-order valence-electron chi connectivity index (χ0n) is 8.08. The lowest BCUT2D eigenvalue weighted by atomic mass is 10.4. The van der Waals surface area contributed by atoms with Gasteiger partial charge in [0.05, 0.1) is 6.04 Å². The van der Waals surface area contributed by atoms with Crippen molar-refractivity contribution >= 4 is 12.0 Å². The van der Waals surface area contributed by atoms with Crippen molar-refractivity contribution in [2.75, 3.05) is 5.32 Å². The van der Waals surface area contributed by atoms with Crippen LogP contribution in [0.2, 0.25) is 0 Å². The van der Waals surface area contributed by atoms with Crippen LogP contribution in [0.3, 0.4) is 0 Å². The third kappa shape index (κ3) is 2.26. The van der Waals surface area contributed by atoms with Crippen molar-refractivity contribution in [2.24, 2.45) is 5.73 Å². The van der Waals surface area contributed by atoms with Gasteiger partial charge in [-0.25, -0.2) is 9.97 Å². The molecule has 0 aliphatic carbocycles. The van der Waals surface area contributed by atoms with Crippen LogP contribution in [-0.2, 0) is 0 Å². The molecule has 1 atom stereocenters. The highest BCUT2D eigenvalue weighted by molar-refractivity contribution is 5.38. The molecule has 0 spiro atoms. The number of anilines is 2. The predicted molar refractivity (Wildman–Crippen MR) is 52.2 cm³/mol. The van der Waals surface area contributed by atoms with Gasteiger partial charge < -0.3 is 10.2 Å². The van der Waals surface area contributed by atoms with Gasteiger partial charge in [-0.05, 0) is 13.0 Å². The summed E-state index contributed by atoms with van der Waals surface area (Å²) in [6, 6.07) is 1.66. The molecular formula is C8H10N6O. The normalized spacial score (nSPS) is 12.4. The third-order valence-corrected chi connectivity index (χ3v) is 1.61. The number of aromatic nitrogens is 4. The van der Waals surface area contributed by atoms with Crippen LogP contribution in [0, 0.1) is 0 Å². The lowest BCUT2D eigenvalue weighted by molar-refractivity contribution is 0.475. The van der Waals surface area contributed by atoms with Crippen molar-refractivity contribution in [3.63, 3.8) is 0 Å². The van der Waals surface area contributed by atoms with Gasteiger partial charge in [0.1, 0.15) is 0 Å². The SMILES string of the molecule is CC(N)c1nnc(Nc2ncccn2)o1. The second-order valence-corrected chi connectivity index (χ2v) is 2.93. The molecule has 15 heavy (non-hydrogen) atoms. The molecule has 0 aromatic carbocycles. The van der Waals surface area contributed by atoms with E-state index in [4.69, 9.17) is 10.2 Å². The van der Waals surface area contributed by atoms with E-state index in [1.165, 1.54) is 0 Å². The van der Waals surface area contributed by atoms with E-state index < -0.39 is 0 Å². The number of nitrogens with two attached hydrogens (primary N) is 1. The van der Waals surface area contributed by atoms with E-state index >= 15 is 0 Å².